The van der Waals surface area contributed by atoms with Crippen LogP contribution in [0.4, 0.5) is 5.69 Å². The number of nitrogens with one attached hydrogen (secondary N) is 2. The molecule has 0 aliphatic carbocycles. The van der Waals surface area contributed by atoms with Crippen molar-refractivity contribution in [3.05, 3.63) is 58.1 Å². The zero-order valence-electron chi connectivity index (χ0n) is 15.2. The fraction of sp³-hybridized carbons (Fsp3) is 0.222. The van der Waals surface area contributed by atoms with Crippen LogP contribution in [0.15, 0.2) is 47.4 Å². The predicted molar refractivity (Wildman–Crippen MR) is 109 cm³/mol. The Morgan fingerprint density at radius 3 is 2.29 bits per heavy atom. The van der Waals surface area contributed by atoms with Gasteiger partial charge in [-0.15, -0.1) is 0 Å². The van der Waals surface area contributed by atoms with E-state index in [0.29, 0.717) is 21.3 Å². The number of likely N-dealkylation sites (N-methyl/N-ethyl adjacent to an activating group) is 1. The number of carbonyl (C=O) groups is 2. The molecular weight excluding hydrogens is 425 g/mol. The summed E-state index contributed by atoms with van der Waals surface area (Å²) in [6.07, 6.45) is 0. The van der Waals surface area contributed by atoms with Gasteiger partial charge in [-0.05, 0) is 42.0 Å². The molecule has 10 heteroatoms. The number of hydrogen-bond acceptors (Lipinski definition) is 4. The molecule has 7 nitrogen and oxygen atoms in total. The van der Waals surface area contributed by atoms with Crippen LogP contribution in [-0.2, 0) is 26.2 Å². The van der Waals surface area contributed by atoms with Gasteiger partial charge in [-0.2, -0.15) is 4.31 Å². The monoisotopic (exact) mass is 443 g/mol. The molecule has 0 bridgehead atoms. The van der Waals surface area contributed by atoms with E-state index in [4.69, 9.17) is 23.2 Å². The molecule has 0 radical (unpaired) electrons. The quantitative estimate of drug-likeness (QED) is 0.687. The zero-order chi connectivity index (χ0) is 20.9. The summed E-state index contributed by atoms with van der Waals surface area (Å²) in [6, 6.07) is 10.6. The number of rotatable bonds is 7. The van der Waals surface area contributed by atoms with Crippen LogP contribution in [0.25, 0.3) is 0 Å². The Morgan fingerprint density at radius 2 is 1.71 bits per heavy atom. The van der Waals surface area contributed by atoms with Crippen molar-refractivity contribution in [3.8, 4) is 0 Å². The summed E-state index contributed by atoms with van der Waals surface area (Å²) in [5.41, 5.74) is 1.14. The van der Waals surface area contributed by atoms with E-state index < -0.39 is 15.9 Å². The van der Waals surface area contributed by atoms with Crippen LogP contribution in [-0.4, -0.2) is 38.1 Å². The first-order valence-corrected chi connectivity index (χ1v) is 10.3. The number of halogens is 2. The van der Waals surface area contributed by atoms with Crippen LogP contribution in [0.2, 0.25) is 10.0 Å². The molecule has 150 valence electrons. The Bertz CT molecular complexity index is 979. The average Bonchev–Trinajstić information content (AvgIpc) is 2.60. The van der Waals surface area contributed by atoms with Crippen LogP contribution in [0.3, 0.4) is 0 Å². The Balaban J connectivity index is 1.98. The third kappa shape index (κ3) is 5.93. The highest BCUT2D eigenvalue weighted by molar-refractivity contribution is 7.89. The molecule has 0 unspecified atom stereocenters. The number of nitrogens with zero attached hydrogens (tertiary/aromatic N) is 1. The minimum Gasteiger partial charge on any atom is -0.351 e. The second-order valence-corrected chi connectivity index (χ2v) is 8.87. The Labute approximate surface area is 173 Å². The van der Waals surface area contributed by atoms with Gasteiger partial charge in [0.1, 0.15) is 0 Å². The number of sulfonamides is 1. The highest BCUT2D eigenvalue weighted by Crippen LogP contribution is 2.21. The van der Waals surface area contributed by atoms with Gasteiger partial charge >= 0.3 is 0 Å². The molecule has 0 aliphatic heterocycles. The summed E-state index contributed by atoms with van der Waals surface area (Å²) in [4.78, 5) is 23.2. The van der Waals surface area contributed by atoms with Crippen molar-refractivity contribution in [2.24, 2.45) is 0 Å². The maximum absolute atomic E-state index is 12.6. The van der Waals surface area contributed by atoms with Gasteiger partial charge in [0.25, 0.3) is 0 Å². The smallest absolute Gasteiger partial charge is 0.243 e. The Hall–Kier alpha value is -2.13. The van der Waals surface area contributed by atoms with Gasteiger partial charge in [0.15, 0.2) is 0 Å². The predicted octanol–water partition coefficient (Wildman–Crippen LogP) is 2.89. The van der Waals surface area contributed by atoms with Gasteiger partial charge in [-0.1, -0.05) is 29.3 Å². The summed E-state index contributed by atoms with van der Waals surface area (Å²) >= 11 is 11.9. The highest BCUT2D eigenvalue weighted by atomic mass is 35.5. The van der Waals surface area contributed by atoms with Gasteiger partial charge in [0.2, 0.25) is 21.8 Å². The second kappa shape index (κ2) is 9.38. The number of carbonyl (C=O) groups excluding carboxylic acids is 2. The van der Waals surface area contributed by atoms with Crippen LogP contribution < -0.4 is 10.6 Å². The van der Waals surface area contributed by atoms with E-state index in [9.17, 15) is 18.0 Å². The largest absolute Gasteiger partial charge is 0.351 e. The molecule has 0 saturated heterocycles. The number of hydrogen-bond donors (Lipinski definition) is 2. The fourth-order valence-corrected chi connectivity index (χ4v) is 3.90. The number of anilines is 1. The van der Waals surface area contributed by atoms with Crippen LogP contribution in [0.5, 0.6) is 0 Å². The normalized spacial score (nSPS) is 11.3. The first-order valence-electron chi connectivity index (χ1n) is 8.14. The van der Waals surface area contributed by atoms with Crippen LogP contribution in [0.1, 0.15) is 12.5 Å². The first-order chi connectivity index (χ1) is 13.1. The summed E-state index contributed by atoms with van der Waals surface area (Å²) in [5.74, 6) is -0.739. The Kier molecular flexibility index (Phi) is 7.42. The first kappa shape index (κ1) is 22.2. The van der Waals surface area contributed by atoms with E-state index in [2.05, 4.69) is 10.6 Å². The molecule has 2 rings (SSSR count). The Morgan fingerprint density at radius 1 is 1.07 bits per heavy atom. The van der Waals surface area contributed by atoms with Crippen LogP contribution >= 0.6 is 23.2 Å². The summed E-state index contributed by atoms with van der Waals surface area (Å²) in [5, 5.41) is 6.07. The van der Waals surface area contributed by atoms with E-state index >= 15 is 0 Å². The standard InChI is InChI=1S/C18H19Cl2N3O4S/c1-12(24)22-15-5-7-16(8-6-15)28(26,27)23(2)11-18(25)21-10-13-3-4-14(19)9-17(13)20/h3-9H,10-11H2,1-2H3,(H,21,25)(H,22,24). The van der Waals surface area contributed by atoms with E-state index in [-0.39, 0.29) is 23.9 Å². The van der Waals surface area contributed by atoms with Gasteiger partial charge < -0.3 is 10.6 Å². The van der Waals surface area contributed by atoms with Crippen molar-refractivity contribution in [1.29, 1.82) is 0 Å². The maximum atomic E-state index is 12.6. The molecule has 2 amide bonds. The van der Waals surface area contributed by atoms with Gasteiger partial charge in [-0.3, -0.25) is 9.59 Å². The number of amides is 2. The lowest BCUT2D eigenvalue weighted by molar-refractivity contribution is -0.121. The zero-order valence-corrected chi connectivity index (χ0v) is 17.5. The van der Waals surface area contributed by atoms with E-state index in [1.165, 1.54) is 38.2 Å². The SMILES string of the molecule is CC(=O)Nc1ccc(S(=O)(=O)N(C)CC(=O)NCc2ccc(Cl)cc2Cl)cc1. The van der Waals surface area contributed by atoms with Crippen molar-refractivity contribution in [2.75, 3.05) is 18.9 Å². The van der Waals surface area contributed by atoms with Crippen molar-refractivity contribution in [1.82, 2.24) is 9.62 Å². The average molecular weight is 444 g/mol. The third-order valence-corrected chi connectivity index (χ3v) is 6.14. The van der Waals surface area contributed by atoms with Gasteiger partial charge in [0.05, 0.1) is 11.4 Å². The molecular formula is C18H19Cl2N3O4S. The topological polar surface area (TPSA) is 95.6 Å². The lowest BCUT2D eigenvalue weighted by Gasteiger charge is -2.17. The summed E-state index contributed by atoms with van der Waals surface area (Å²) in [7, 11) is -2.55. The lowest BCUT2D eigenvalue weighted by atomic mass is 10.2. The second-order valence-electron chi connectivity index (χ2n) is 5.98. The van der Waals surface area contributed by atoms with E-state index in [1.54, 1.807) is 18.2 Å². The third-order valence-electron chi connectivity index (χ3n) is 3.74. The lowest BCUT2D eigenvalue weighted by Crippen LogP contribution is -2.38. The van der Waals surface area contributed by atoms with Crippen molar-refractivity contribution in [2.45, 2.75) is 18.4 Å². The molecule has 0 atom stereocenters. The summed E-state index contributed by atoms with van der Waals surface area (Å²) < 4.78 is 26.1. The molecule has 2 aromatic carbocycles. The van der Waals surface area contributed by atoms with Crippen LogP contribution in [0, 0.1) is 0 Å². The minimum absolute atomic E-state index is 0.0117. The minimum atomic E-state index is -3.86. The van der Waals surface area contributed by atoms with Gasteiger partial charge in [-0.25, -0.2) is 8.42 Å². The molecule has 28 heavy (non-hydrogen) atoms. The van der Waals surface area contributed by atoms with Crippen molar-refractivity contribution in [3.63, 3.8) is 0 Å². The van der Waals surface area contributed by atoms with Crippen molar-refractivity contribution >= 4 is 50.7 Å². The molecule has 2 N–H and O–H groups in total. The molecule has 2 aromatic rings. The molecule has 0 aliphatic rings. The number of benzene rings is 2. The molecule has 0 saturated carbocycles. The molecule has 0 fully saturated rings. The van der Waals surface area contributed by atoms with E-state index in [1.807, 2.05) is 0 Å². The molecule has 0 spiro atoms. The van der Waals surface area contributed by atoms with Gasteiger partial charge in [0, 0.05) is 36.2 Å². The summed E-state index contributed by atoms with van der Waals surface area (Å²) in [6.45, 7) is 1.14. The molecule has 0 heterocycles. The fourth-order valence-electron chi connectivity index (χ4n) is 2.30. The maximum Gasteiger partial charge on any atom is 0.243 e. The highest BCUT2D eigenvalue weighted by Gasteiger charge is 2.23. The molecule has 0 aromatic heterocycles. The van der Waals surface area contributed by atoms with Crippen molar-refractivity contribution < 1.29 is 18.0 Å². The van der Waals surface area contributed by atoms with E-state index in [0.717, 1.165) is 4.31 Å².